The smallest absolute Gasteiger partial charge is 0.240 e. The van der Waals surface area contributed by atoms with E-state index in [1.807, 2.05) is 12.1 Å². The number of nitrogens with zero attached hydrogens (tertiary/aromatic N) is 3. The van der Waals surface area contributed by atoms with Crippen LogP contribution in [0.15, 0.2) is 53.6 Å². The Labute approximate surface area is 141 Å². The summed E-state index contributed by atoms with van der Waals surface area (Å²) in [4.78, 5) is 6.68. The van der Waals surface area contributed by atoms with Crippen LogP contribution in [0.4, 0.5) is 5.82 Å². The van der Waals surface area contributed by atoms with Gasteiger partial charge in [0.1, 0.15) is 11.9 Å². The molecule has 1 aliphatic rings. The van der Waals surface area contributed by atoms with E-state index in [-0.39, 0.29) is 6.04 Å². The molecule has 0 aliphatic carbocycles. The molecule has 0 amide bonds. The van der Waals surface area contributed by atoms with Gasteiger partial charge in [0.25, 0.3) is 0 Å². The Kier molecular flexibility index (Phi) is 4.79. The summed E-state index contributed by atoms with van der Waals surface area (Å²) in [5.74, 6) is 0.818. The molecule has 1 aromatic carbocycles. The van der Waals surface area contributed by atoms with Crippen molar-refractivity contribution in [3.63, 3.8) is 0 Å². The number of nitriles is 1. The summed E-state index contributed by atoms with van der Waals surface area (Å²) in [6.45, 7) is 1.45. The zero-order valence-corrected chi connectivity index (χ0v) is 13.9. The van der Waals surface area contributed by atoms with Crippen LogP contribution in [-0.2, 0) is 10.0 Å². The maximum Gasteiger partial charge on any atom is 0.240 e. The Hall–Kier alpha value is -2.43. The Morgan fingerprint density at radius 1 is 1.12 bits per heavy atom. The molecule has 1 N–H and O–H groups in total. The zero-order valence-electron chi connectivity index (χ0n) is 13.1. The van der Waals surface area contributed by atoms with Gasteiger partial charge < -0.3 is 4.90 Å². The van der Waals surface area contributed by atoms with E-state index in [1.54, 1.807) is 42.6 Å². The SMILES string of the molecule is N#Cc1ccc(N2CCC(NS(=O)(=O)c3ccccc3)CC2)nc1. The second kappa shape index (κ2) is 6.99. The van der Waals surface area contributed by atoms with Gasteiger partial charge >= 0.3 is 0 Å². The molecule has 2 aromatic rings. The average Bonchev–Trinajstić information content (AvgIpc) is 2.63. The molecule has 3 rings (SSSR count). The van der Waals surface area contributed by atoms with Crippen molar-refractivity contribution in [1.29, 1.82) is 5.26 Å². The largest absolute Gasteiger partial charge is 0.357 e. The third kappa shape index (κ3) is 3.72. The van der Waals surface area contributed by atoms with Crippen molar-refractivity contribution in [2.45, 2.75) is 23.8 Å². The van der Waals surface area contributed by atoms with E-state index >= 15 is 0 Å². The first-order chi connectivity index (χ1) is 11.6. The number of anilines is 1. The average molecular weight is 342 g/mol. The maximum absolute atomic E-state index is 12.4. The summed E-state index contributed by atoms with van der Waals surface area (Å²) >= 11 is 0. The van der Waals surface area contributed by atoms with Crippen LogP contribution in [0.3, 0.4) is 0 Å². The highest BCUT2D eigenvalue weighted by atomic mass is 32.2. The van der Waals surface area contributed by atoms with E-state index in [0.29, 0.717) is 23.3 Å². The van der Waals surface area contributed by atoms with E-state index in [9.17, 15) is 8.42 Å². The fourth-order valence-electron chi connectivity index (χ4n) is 2.75. The first-order valence-electron chi connectivity index (χ1n) is 7.77. The molecular weight excluding hydrogens is 324 g/mol. The Balaban J connectivity index is 1.60. The van der Waals surface area contributed by atoms with Crippen LogP contribution in [0, 0.1) is 11.3 Å². The van der Waals surface area contributed by atoms with Crippen molar-refractivity contribution < 1.29 is 8.42 Å². The number of hydrogen-bond acceptors (Lipinski definition) is 5. The third-order valence-electron chi connectivity index (χ3n) is 4.07. The van der Waals surface area contributed by atoms with Gasteiger partial charge in [0.2, 0.25) is 10.0 Å². The minimum absolute atomic E-state index is 0.0789. The van der Waals surface area contributed by atoms with Gasteiger partial charge in [-0.2, -0.15) is 5.26 Å². The Morgan fingerprint density at radius 2 is 1.83 bits per heavy atom. The standard InChI is InChI=1S/C17H18N4O2S/c18-12-14-6-7-17(19-13-14)21-10-8-15(9-11-21)20-24(22,23)16-4-2-1-3-5-16/h1-7,13,15,20H,8-11H2. The predicted octanol–water partition coefficient (Wildman–Crippen LogP) is 1.90. The Morgan fingerprint density at radius 3 is 2.42 bits per heavy atom. The van der Waals surface area contributed by atoms with Crippen molar-refractivity contribution in [3.05, 3.63) is 54.2 Å². The van der Waals surface area contributed by atoms with Gasteiger partial charge in [-0.3, -0.25) is 0 Å². The highest BCUT2D eigenvalue weighted by Crippen LogP contribution is 2.19. The second-order valence-corrected chi connectivity index (χ2v) is 7.43. The van der Waals surface area contributed by atoms with Crippen LogP contribution in [0.1, 0.15) is 18.4 Å². The van der Waals surface area contributed by atoms with Crippen molar-refractivity contribution >= 4 is 15.8 Å². The molecule has 0 radical (unpaired) electrons. The van der Waals surface area contributed by atoms with Crippen molar-refractivity contribution in [1.82, 2.24) is 9.71 Å². The number of benzene rings is 1. The molecule has 2 heterocycles. The number of sulfonamides is 1. The van der Waals surface area contributed by atoms with Crippen LogP contribution in [0.5, 0.6) is 0 Å². The van der Waals surface area contributed by atoms with Crippen LogP contribution < -0.4 is 9.62 Å². The minimum atomic E-state index is -3.47. The third-order valence-corrected chi connectivity index (χ3v) is 5.61. The van der Waals surface area contributed by atoms with Crippen molar-refractivity contribution in [2.75, 3.05) is 18.0 Å². The van der Waals surface area contributed by atoms with Crippen LogP contribution >= 0.6 is 0 Å². The lowest BCUT2D eigenvalue weighted by Gasteiger charge is -2.33. The molecule has 0 bridgehead atoms. The van der Waals surface area contributed by atoms with Gasteiger partial charge in [-0.15, -0.1) is 0 Å². The second-order valence-electron chi connectivity index (χ2n) is 5.71. The number of aromatic nitrogens is 1. The fraction of sp³-hybridized carbons (Fsp3) is 0.294. The molecule has 7 heteroatoms. The lowest BCUT2D eigenvalue weighted by Crippen LogP contribution is -2.44. The van der Waals surface area contributed by atoms with Gasteiger partial charge in [0.05, 0.1) is 10.5 Å². The fourth-order valence-corrected chi connectivity index (χ4v) is 4.08. The lowest BCUT2D eigenvalue weighted by atomic mass is 10.1. The summed E-state index contributed by atoms with van der Waals surface area (Å²) in [6.07, 6.45) is 2.99. The highest BCUT2D eigenvalue weighted by molar-refractivity contribution is 7.89. The molecular formula is C17H18N4O2S. The number of rotatable bonds is 4. The Bertz CT molecular complexity index is 821. The van der Waals surface area contributed by atoms with E-state index < -0.39 is 10.0 Å². The molecule has 0 atom stereocenters. The summed E-state index contributed by atoms with van der Waals surface area (Å²) in [5, 5.41) is 8.81. The quantitative estimate of drug-likeness (QED) is 0.917. The van der Waals surface area contributed by atoms with Crippen molar-refractivity contribution in [3.8, 4) is 6.07 Å². The van der Waals surface area contributed by atoms with Gasteiger partial charge in [-0.05, 0) is 37.1 Å². The number of piperidine rings is 1. The predicted molar refractivity (Wildman–Crippen MR) is 91.0 cm³/mol. The molecule has 1 saturated heterocycles. The summed E-state index contributed by atoms with van der Waals surface area (Å²) in [6, 6.07) is 14.0. The molecule has 6 nitrogen and oxygen atoms in total. The van der Waals surface area contributed by atoms with Gasteiger partial charge in [-0.1, -0.05) is 18.2 Å². The van der Waals surface area contributed by atoms with E-state index in [2.05, 4.69) is 14.6 Å². The van der Waals surface area contributed by atoms with E-state index in [0.717, 1.165) is 18.9 Å². The van der Waals surface area contributed by atoms with Crippen molar-refractivity contribution in [2.24, 2.45) is 0 Å². The molecule has 0 unspecified atom stereocenters. The van der Waals surface area contributed by atoms with Gasteiger partial charge in [-0.25, -0.2) is 18.1 Å². The topological polar surface area (TPSA) is 86.1 Å². The molecule has 1 aliphatic heterocycles. The minimum Gasteiger partial charge on any atom is -0.357 e. The van der Waals surface area contributed by atoms with E-state index in [1.165, 1.54) is 0 Å². The normalized spacial score (nSPS) is 15.9. The molecule has 1 fully saturated rings. The van der Waals surface area contributed by atoms with Gasteiger partial charge in [0.15, 0.2) is 0 Å². The van der Waals surface area contributed by atoms with E-state index in [4.69, 9.17) is 5.26 Å². The molecule has 0 spiro atoms. The van der Waals surface area contributed by atoms with Gasteiger partial charge in [0, 0.05) is 25.3 Å². The molecule has 124 valence electrons. The lowest BCUT2D eigenvalue weighted by molar-refractivity contribution is 0.458. The zero-order chi connectivity index (χ0) is 17.0. The number of hydrogen-bond donors (Lipinski definition) is 1. The summed E-state index contributed by atoms with van der Waals surface area (Å²) < 4.78 is 27.5. The monoisotopic (exact) mass is 342 g/mol. The highest BCUT2D eigenvalue weighted by Gasteiger charge is 2.25. The summed E-state index contributed by atoms with van der Waals surface area (Å²) in [5.41, 5.74) is 0.532. The first-order valence-corrected chi connectivity index (χ1v) is 9.25. The van der Waals surface area contributed by atoms with Crippen LogP contribution in [0.25, 0.3) is 0 Å². The summed E-state index contributed by atoms with van der Waals surface area (Å²) in [7, 11) is -3.47. The molecule has 1 aromatic heterocycles. The number of pyridine rings is 1. The van der Waals surface area contributed by atoms with Crippen LogP contribution in [-0.4, -0.2) is 32.5 Å². The number of nitrogens with one attached hydrogen (secondary N) is 1. The molecule has 0 saturated carbocycles. The maximum atomic E-state index is 12.4. The molecule has 24 heavy (non-hydrogen) atoms. The van der Waals surface area contributed by atoms with Crippen LogP contribution in [0.2, 0.25) is 0 Å². The first kappa shape index (κ1) is 16.4.